The topological polar surface area (TPSA) is 127 Å². The molecule has 9 nitrogen and oxygen atoms in total. The van der Waals surface area contributed by atoms with Gasteiger partial charge in [0.05, 0.1) is 12.7 Å². The molecule has 0 fully saturated rings. The summed E-state index contributed by atoms with van der Waals surface area (Å²) in [5.41, 5.74) is 1.46. The van der Waals surface area contributed by atoms with E-state index < -0.39 is 21.9 Å². The van der Waals surface area contributed by atoms with Gasteiger partial charge in [-0.3, -0.25) is 9.35 Å². The first-order valence-corrected chi connectivity index (χ1v) is 11.3. The first-order chi connectivity index (χ1) is 14.5. The van der Waals surface area contributed by atoms with Crippen LogP contribution in [0.5, 0.6) is 17.4 Å². The Morgan fingerprint density at radius 3 is 2.48 bits per heavy atom. The van der Waals surface area contributed by atoms with Crippen LogP contribution in [0, 0.1) is 5.41 Å². The molecule has 0 spiro atoms. The molecule has 0 saturated heterocycles. The van der Waals surface area contributed by atoms with Crippen LogP contribution in [0.25, 0.3) is 0 Å². The van der Waals surface area contributed by atoms with Gasteiger partial charge in [0.2, 0.25) is 5.88 Å². The average Bonchev–Trinajstić information content (AvgIpc) is 2.69. The molecule has 10 heteroatoms. The van der Waals surface area contributed by atoms with E-state index in [1.807, 2.05) is 12.1 Å². The number of carbonyl (C=O) groups is 1. The Hall–Kier alpha value is -2.69. The fourth-order valence-corrected chi connectivity index (χ4v) is 2.86. The molecular weight excluding hydrogens is 422 g/mol. The Balaban J connectivity index is 1.98. The number of ether oxygens (including phenoxy) is 2. The monoisotopic (exact) mass is 451 g/mol. The SMILES string of the molecule is COc1cc(CNCCC(C)(C)C)ccc1Oc1ccc(C(=O)NCS(=O)(=O)O)cn1. The quantitative estimate of drug-likeness (QED) is 0.372. The molecule has 31 heavy (non-hydrogen) atoms. The fraction of sp³-hybridized carbons (Fsp3) is 0.429. The van der Waals surface area contributed by atoms with Crippen LogP contribution in [0.2, 0.25) is 0 Å². The number of hydrogen-bond acceptors (Lipinski definition) is 7. The lowest BCUT2D eigenvalue weighted by Gasteiger charge is -2.18. The first-order valence-electron chi connectivity index (χ1n) is 9.72. The Bertz CT molecular complexity index is 985. The number of carbonyl (C=O) groups excluding carboxylic acids is 1. The second-order valence-electron chi connectivity index (χ2n) is 8.19. The number of rotatable bonds is 10. The lowest BCUT2D eigenvalue weighted by atomic mass is 9.92. The van der Waals surface area contributed by atoms with E-state index in [4.69, 9.17) is 14.0 Å². The lowest BCUT2D eigenvalue weighted by Crippen LogP contribution is -2.29. The molecular formula is C21H29N3O6S. The van der Waals surface area contributed by atoms with Crippen LogP contribution in [-0.2, 0) is 16.7 Å². The van der Waals surface area contributed by atoms with Crippen molar-refractivity contribution >= 4 is 16.0 Å². The molecule has 2 aromatic rings. The van der Waals surface area contributed by atoms with Gasteiger partial charge in [0.15, 0.2) is 11.5 Å². The summed E-state index contributed by atoms with van der Waals surface area (Å²) < 4.78 is 41.3. The Morgan fingerprint density at radius 1 is 1.16 bits per heavy atom. The van der Waals surface area contributed by atoms with Crippen LogP contribution >= 0.6 is 0 Å². The molecule has 0 bridgehead atoms. The smallest absolute Gasteiger partial charge is 0.283 e. The molecule has 1 amide bonds. The zero-order chi connectivity index (χ0) is 23.1. The van der Waals surface area contributed by atoms with Crippen LogP contribution in [0.3, 0.4) is 0 Å². The zero-order valence-corrected chi connectivity index (χ0v) is 19.0. The number of amides is 1. The van der Waals surface area contributed by atoms with Crippen LogP contribution in [0.1, 0.15) is 43.1 Å². The van der Waals surface area contributed by atoms with E-state index in [2.05, 4.69) is 36.4 Å². The largest absolute Gasteiger partial charge is 0.493 e. The van der Waals surface area contributed by atoms with Crippen molar-refractivity contribution in [2.24, 2.45) is 5.41 Å². The van der Waals surface area contributed by atoms with Crippen molar-refractivity contribution in [1.82, 2.24) is 15.6 Å². The number of hydrogen-bond donors (Lipinski definition) is 3. The molecule has 0 saturated carbocycles. The summed E-state index contributed by atoms with van der Waals surface area (Å²) in [6, 6.07) is 8.51. The molecule has 0 atom stereocenters. The first kappa shape index (κ1) is 24.6. The maximum Gasteiger partial charge on any atom is 0.283 e. The van der Waals surface area contributed by atoms with Gasteiger partial charge in [0.25, 0.3) is 16.0 Å². The van der Waals surface area contributed by atoms with E-state index in [1.165, 1.54) is 18.3 Å². The van der Waals surface area contributed by atoms with E-state index in [0.717, 1.165) is 18.5 Å². The molecule has 0 aliphatic carbocycles. The Morgan fingerprint density at radius 2 is 1.90 bits per heavy atom. The number of pyridine rings is 1. The highest BCUT2D eigenvalue weighted by Crippen LogP contribution is 2.31. The van der Waals surface area contributed by atoms with Gasteiger partial charge in [-0.15, -0.1) is 0 Å². The summed E-state index contributed by atoms with van der Waals surface area (Å²) in [6.45, 7) is 8.24. The summed E-state index contributed by atoms with van der Waals surface area (Å²) in [5.74, 6) is -0.305. The minimum atomic E-state index is -4.30. The van der Waals surface area contributed by atoms with Crippen molar-refractivity contribution in [2.75, 3.05) is 19.5 Å². The van der Waals surface area contributed by atoms with Crippen LogP contribution in [-0.4, -0.2) is 43.4 Å². The summed E-state index contributed by atoms with van der Waals surface area (Å²) in [7, 11) is -2.75. The summed E-state index contributed by atoms with van der Waals surface area (Å²) in [5, 5.41) is 5.49. The van der Waals surface area contributed by atoms with E-state index in [0.29, 0.717) is 18.0 Å². The molecule has 1 aromatic carbocycles. The lowest BCUT2D eigenvalue weighted by molar-refractivity contribution is 0.0958. The van der Waals surface area contributed by atoms with Crippen molar-refractivity contribution in [1.29, 1.82) is 0 Å². The fourth-order valence-electron chi connectivity index (χ4n) is 2.55. The van der Waals surface area contributed by atoms with E-state index in [1.54, 1.807) is 13.2 Å². The minimum absolute atomic E-state index is 0.125. The second kappa shape index (κ2) is 10.6. The summed E-state index contributed by atoms with van der Waals surface area (Å²) in [4.78, 5) is 15.9. The third kappa shape index (κ3) is 8.91. The molecule has 2 rings (SSSR count). The van der Waals surface area contributed by atoms with Gasteiger partial charge >= 0.3 is 0 Å². The molecule has 0 unspecified atom stereocenters. The van der Waals surface area contributed by atoms with Gasteiger partial charge in [0, 0.05) is 18.8 Å². The average molecular weight is 452 g/mol. The minimum Gasteiger partial charge on any atom is -0.493 e. The normalized spacial score (nSPS) is 11.8. The van der Waals surface area contributed by atoms with Gasteiger partial charge < -0.3 is 20.1 Å². The van der Waals surface area contributed by atoms with Gasteiger partial charge in [-0.1, -0.05) is 26.8 Å². The highest BCUT2D eigenvalue weighted by molar-refractivity contribution is 7.85. The third-order valence-corrected chi connectivity index (χ3v) is 4.75. The standard InChI is InChI=1S/C21H29N3O6S/c1-21(2,3)9-10-22-12-15-5-7-17(18(11-15)29-4)30-19-8-6-16(13-23-19)20(25)24-14-31(26,27)28/h5-8,11,13,22H,9-10,12,14H2,1-4H3,(H,24,25)(H,26,27,28). The van der Waals surface area contributed by atoms with Crippen molar-refractivity contribution in [3.8, 4) is 17.4 Å². The molecule has 0 aliphatic heterocycles. The maximum atomic E-state index is 11.9. The maximum absolute atomic E-state index is 11.9. The van der Waals surface area contributed by atoms with Crippen LogP contribution < -0.4 is 20.1 Å². The zero-order valence-electron chi connectivity index (χ0n) is 18.1. The molecule has 0 aliphatic rings. The van der Waals surface area contributed by atoms with E-state index in [9.17, 15) is 13.2 Å². The number of nitrogens with zero attached hydrogens (tertiary/aromatic N) is 1. The number of methoxy groups -OCH3 is 1. The predicted octanol–water partition coefficient (Wildman–Crippen LogP) is 2.98. The van der Waals surface area contributed by atoms with Crippen LogP contribution in [0.4, 0.5) is 0 Å². The van der Waals surface area contributed by atoms with Gasteiger partial charge in [0.1, 0.15) is 5.88 Å². The van der Waals surface area contributed by atoms with Gasteiger partial charge in [-0.2, -0.15) is 8.42 Å². The molecule has 170 valence electrons. The molecule has 3 N–H and O–H groups in total. The van der Waals surface area contributed by atoms with Crippen molar-refractivity contribution < 1.29 is 27.2 Å². The van der Waals surface area contributed by atoms with E-state index in [-0.39, 0.29) is 16.9 Å². The Labute approximate surface area is 182 Å². The summed E-state index contributed by atoms with van der Waals surface area (Å²) in [6.07, 6.45) is 2.31. The predicted molar refractivity (Wildman–Crippen MR) is 117 cm³/mol. The molecule has 1 aromatic heterocycles. The Kier molecular flexibility index (Phi) is 8.37. The third-order valence-electron chi connectivity index (χ3n) is 4.24. The molecule has 1 heterocycles. The number of benzene rings is 1. The van der Waals surface area contributed by atoms with Crippen molar-refractivity contribution in [3.05, 3.63) is 47.7 Å². The van der Waals surface area contributed by atoms with E-state index >= 15 is 0 Å². The highest BCUT2D eigenvalue weighted by atomic mass is 32.2. The van der Waals surface area contributed by atoms with Gasteiger partial charge in [-0.25, -0.2) is 4.98 Å². The van der Waals surface area contributed by atoms with Crippen LogP contribution in [0.15, 0.2) is 36.5 Å². The van der Waals surface area contributed by atoms with Crippen molar-refractivity contribution in [2.45, 2.75) is 33.7 Å². The summed E-state index contributed by atoms with van der Waals surface area (Å²) >= 11 is 0. The molecule has 0 radical (unpaired) electrons. The second-order valence-corrected chi connectivity index (χ2v) is 9.64. The number of aromatic nitrogens is 1. The highest BCUT2D eigenvalue weighted by Gasteiger charge is 2.13. The number of nitrogens with one attached hydrogen (secondary N) is 2. The van der Waals surface area contributed by atoms with Gasteiger partial charge in [-0.05, 0) is 42.1 Å². The van der Waals surface area contributed by atoms with Crippen molar-refractivity contribution in [3.63, 3.8) is 0 Å².